The van der Waals surface area contributed by atoms with Gasteiger partial charge in [-0.05, 0) is 12.1 Å². The SMILES string of the molecule is NC(=O)C(Cl)Cc1c(F)cccc1F. The molecule has 1 amide bonds. The van der Waals surface area contributed by atoms with Gasteiger partial charge in [0.1, 0.15) is 17.0 Å². The van der Waals surface area contributed by atoms with E-state index in [1.54, 1.807) is 0 Å². The van der Waals surface area contributed by atoms with Gasteiger partial charge in [-0.3, -0.25) is 4.79 Å². The largest absolute Gasteiger partial charge is 0.368 e. The molecule has 0 aliphatic heterocycles. The van der Waals surface area contributed by atoms with Gasteiger partial charge in [0.2, 0.25) is 5.91 Å². The van der Waals surface area contributed by atoms with E-state index in [1.165, 1.54) is 6.07 Å². The second-order valence-corrected chi connectivity index (χ2v) is 3.30. The predicted octanol–water partition coefficient (Wildman–Crippen LogP) is 1.60. The Bertz CT molecular complexity index is 336. The number of primary amides is 1. The molecule has 0 saturated carbocycles. The molecule has 5 heteroatoms. The van der Waals surface area contributed by atoms with Crippen molar-refractivity contribution in [3.05, 3.63) is 35.4 Å². The minimum Gasteiger partial charge on any atom is -0.368 e. The molecular formula is C9H8ClF2NO. The summed E-state index contributed by atoms with van der Waals surface area (Å²) in [5.74, 6) is -2.25. The topological polar surface area (TPSA) is 43.1 Å². The Labute approximate surface area is 84.7 Å². The third-order valence-corrected chi connectivity index (χ3v) is 2.12. The van der Waals surface area contributed by atoms with Crippen molar-refractivity contribution in [2.45, 2.75) is 11.8 Å². The Morgan fingerprint density at radius 2 is 1.93 bits per heavy atom. The van der Waals surface area contributed by atoms with Gasteiger partial charge in [0.05, 0.1) is 0 Å². The molecule has 1 aromatic carbocycles. The van der Waals surface area contributed by atoms with Crippen molar-refractivity contribution in [3.63, 3.8) is 0 Å². The number of carbonyl (C=O) groups is 1. The van der Waals surface area contributed by atoms with E-state index in [4.69, 9.17) is 17.3 Å². The van der Waals surface area contributed by atoms with Crippen molar-refractivity contribution in [1.82, 2.24) is 0 Å². The molecule has 1 unspecified atom stereocenters. The number of halogens is 3. The third kappa shape index (κ3) is 2.42. The summed E-state index contributed by atoms with van der Waals surface area (Å²) < 4.78 is 26.0. The molecular weight excluding hydrogens is 212 g/mol. The molecule has 0 fully saturated rings. The van der Waals surface area contributed by atoms with Gasteiger partial charge in [0, 0.05) is 12.0 Å². The van der Waals surface area contributed by atoms with Gasteiger partial charge in [-0.25, -0.2) is 8.78 Å². The molecule has 0 bridgehead atoms. The fourth-order valence-electron chi connectivity index (χ4n) is 1.01. The minimum atomic E-state index is -1.10. The van der Waals surface area contributed by atoms with E-state index in [2.05, 4.69) is 0 Å². The van der Waals surface area contributed by atoms with Crippen LogP contribution in [0, 0.1) is 11.6 Å². The van der Waals surface area contributed by atoms with Crippen LogP contribution in [0.3, 0.4) is 0 Å². The van der Waals surface area contributed by atoms with E-state index in [1.807, 2.05) is 0 Å². The standard InChI is InChI=1S/C9H8ClF2NO/c10-6(9(13)14)4-5-7(11)2-1-3-8(5)12/h1-3,6H,4H2,(H2,13,14). The average molecular weight is 220 g/mol. The molecule has 0 radical (unpaired) electrons. The lowest BCUT2D eigenvalue weighted by molar-refractivity contribution is -0.117. The lowest BCUT2D eigenvalue weighted by atomic mass is 10.1. The molecule has 0 spiro atoms. The Hall–Kier alpha value is -1.16. The first-order valence-electron chi connectivity index (χ1n) is 3.88. The van der Waals surface area contributed by atoms with Crippen molar-refractivity contribution in [2.24, 2.45) is 5.73 Å². The quantitative estimate of drug-likeness (QED) is 0.771. The molecule has 0 aliphatic rings. The van der Waals surface area contributed by atoms with Crippen LogP contribution in [0.4, 0.5) is 8.78 Å². The maximum atomic E-state index is 13.0. The zero-order chi connectivity index (χ0) is 10.7. The van der Waals surface area contributed by atoms with Crippen molar-refractivity contribution in [1.29, 1.82) is 0 Å². The van der Waals surface area contributed by atoms with E-state index in [0.717, 1.165) is 12.1 Å². The summed E-state index contributed by atoms with van der Waals surface area (Å²) in [6.07, 6.45) is -0.241. The lowest BCUT2D eigenvalue weighted by Crippen LogP contribution is -2.26. The fourth-order valence-corrected chi connectivity index (χ4v) is 1.16. The van der Waals surface area contributed by atoms with Gasteiger partial charge < -0.3 is 5.73 Å². The molecule has 0 aromatic heterocycles. The first kappa shape index (κ1) is 10.9. The van der Waals surface area contributed by atoms with Gasteiger partial charge in [-0.1, -0.05) is 6.07 Å². The summed E-state index contributed by atoms with van der Waals surface area (Å²) in [4.78, 5) is 10.6. The van der Waals surface area contributed by atoms with Crippen LogP contribution in [-0.2, 0) is 11.2 Å². The number of nitrogens with two attached hydrogens (primary N) is 1. The summed E-state index contributed by atoms with van der Waals surface area (Å²) in [6, 6.07) is 3.44. The van der Waals surface area contributed by atoms with E-state index in [0.29, 0.717) is 0 Å². The number of amides is 1. The van der Waals surface area contributed by atoms with E-state index in [-0.39, 0.29) is 12.0 Å². The van der Waals surface area contributed by atoms with Gasteiger partial charge >= 0.3 is 0 Å². The molecule has 2 nitrogen and oxygen atoms in total. The maximum Gasteiger partial charge on any atom is 0.235 e. The highest BCUT2D eigenvalue weighted by Crippen LogP contribution is 2.16. The zero-order valence-electron chi connectivity index (χ0n) is 7.14. The van der Waals surface area contributed by atoms with Crippen molar-refractivity contribution in [3.8, 4) is 0 Å². The highest BCUT2D eigenvalue weighted by molar-refractivity contribution is 6.30. The zero-order valence-corrected chi connectivity index (χ0v) is 7.89. The number of hydrogen-bond donors (Lipinski definition) is 1. The van der Waals surface area contributed by atoms with Gasteiger partial charge in [-0.2, -0.15) is 0 Å². The summed E-state index contributed by atoms with van der Waals surface area (Å²) in [7, 11) is 0. The smallest absolute Gasteiger partial charge is 0.235 e. The molecule has 1 atom stereocenters. The minimum absolute atomic E-state index is 0.216. The summed E-state index contributed by atoms with van der Waals surface area (Å²) in [6.45, 7) is 0. The lowest BCUT2D eigenvalue weighted by Gasteiger charge is -2.07. The molecule has 1 rings (SSSR count). The van der Waals surface area contributed by atoms with Crippen LogP contribution in [0.5, 0.6) is 0 Å². The molecule has 76 valence electrons. The van der Waals surface area contributed by atoms with Crippen molar-refractivity contribution < 1.29 is 13.6 Å². The monoisotopic (exact) mass is 219 g/mol. The number of hydrogen-bond acceptors (Lipinski definition) is 1. The number of carbonyl (C=O) groups excluding carboxylic acids is 1. The second kappa shape index (κ2) is 4.37. The fraction of sp³-hybridized carbons (Fsp3) is 0.222. The van der Waals surface area contributed by atoms with Crippen LogP contribution in [-0.4, -0.2) is 11.3 Å². The second-order valence-electron chi connectivity index (χ2n) is 2.77. The molecule has 0 aliphatic carbocycles. The highest BCUT2D eigenvalue weighted by atomic mass is 35.5. The predicted molar refractivity (Wildman–Crippen MR) is 48.9 cm³/mol. The normalized spacial score (nSPS) is 12.5. The van der Waals surface area contributed by atoms with Gasteiger partial charge in [0.25, 0.3) is 0 Å². The van der Waals surface area contributed by atoms with Gasteiger partial charge in [-0.15, -0.1) is 11.6 Å². The first-order valence-corrected chi connectivity index (χ1v) is 4.32. The maximum absolute atomic E-state index is 13.0. The van der Waals surface area contributed by atoms with Crippen LogP contribution >= 0.6 is 11.6 Å². The first-order chi connectivity index (χ1) is 6.52. The Morgan fingerprint density at radius 3 is 2.36 bits per heavy atom. The van der Waals surface area contributed by atoms with E-state index >= 15 is 0 Å². The van der Waals surface area contributed by atoms with Crippen LogP contribution in [0.25, 0.3) is 0 Å². The summed E-state index contributed by atoms with van der Waals surface area (Å²) >= 11 is 5.49. The van der Waals surface area contributed by atoms with Crippen molar-refractivity contribution in [2.75, 3.05) is 0 Å². The van der Waals surface area contributed by atoms with Crippen LogP contribution in [0.15, 0.2) is 18.2 Å². The Kier molecular flexibility index (Phi) is 3.41. The number of benzene rings is 1. The molecule has 0 saturated heterocycles. The Morgan fingerprint density at radius 1 is 1.43 bits per heavy atom. The van der Waals surface area contributed by atoms with E-state index in [9.17, 15) is 13.6 Å². The molecule has 14 heavy (non-hydrogen) atoms. The highest BCUT2D eigenvalue weighted by Gasteiger charge is 2.17. The summed E-state index contributed by atoms with van der Waals surface area (Å²) in [5, 5.41) is -1.10. The van der Waals surface area contributed by atoms with E-state index < -0.39 is 22.9 Å². The average Bonchev–Trinajstić information content (AvgIpc) is 2.11. The third-order valence-electron chi connectivity index (χ3n) is 1.75. The van der Waals surface area contributed by atoms with Crippen LogP contribution in [0.2, 0.25) is 0 Å². The van der Waals surface area contributed by atoms with Crippen LogP contribution in [0.1, 0.15) is 5.56 Å². The number of alkyl halides is 1. The van der Waals surface area contributed by atoms with Crippen molar-refractivity contribution >= 4 is 17.5 Å². The van der Waals surface area contributed by atoms with Gasteiger partial charge in [0.15, 0.2) is 0 Å². The summed E-state index contributed by atoms with van der Waals surface area (Å²) in [5.41, 5.74) is 4.65. The molecule has 0 heterocycles. The molecule has 1 aromatic rings. The van der Waals surface area contributed by atoms with Crippen LogP contribution < -0.4 is 5.73 Å². The molecule has 2 N–H and O–H groups in total. The Balaban J connectivity index is 2.91. The number of rotatable bonds is 3.